The van der Waals surface area contributed by atoms with Crippen molar-refractivity contribution in [2.75, 3.05) is 18.0 Å². The summed E-state index contributed by atoms with van der Waals surface area (Å²) < 4.78 is 39.4. The molecule has 3 heterocycles. The van der Waals surface area contributed by atoms with E-state index in [-0.39, 0.29) is 11.7 Å². The SMILES string of the molecule is NCC1CCCCN1c1ccc2nnc(C(F)(F)F)n2n1. The van der Waals surface area contributed by atoms with Crippen LogP contribution in [-0.4, -0.2) is 38.9 Å². The molecule has 0 aliphatic carbocycles. The van der Waals surface area contributed by atoms with Crippen molar-refractivity contribution in [3.05, 3.63) is 18.0 Å². The van der Waals surface area contributed by atoms with Crippen LogP contribution in [0.15, 0.2) is 12.1 Å². The molecule has 1 fully saturated rings. The van der Waals surface area contributed by atoms with Crippen molar-refractivity contribution in [1.29, 1.82) is 0 Å². The number of rotatable bonds is 2. The smallest absolute Gasteiger partial charge is 0.351 e. The Kier molecular flexibility index (Phi) is 3.44. The number of aromatic nitrogens is 4. The second kappa shape index (κ2) is 5.14. The van der Waals surface area contributed by atoms with Gasteiger partial charge in [0.1, 0.15) is 5.82 Å². The van der Waals surface area contributed by atoms with E-state index in [9.17, 15) is 13.2 Å². The van der Waals surface area contributed by atoms with Crippen molar-refractivity contribution in [2.24, 2.45) is 5.73 Å². The molecule has 6 nitrogen and oxygen atoms in total. The second-order valence-electron chi connectivity index (χ2n) is 5.06. The fourth-order valence-corrected chi connectivity index (χ4v) is 2.66. The molecule has 21 heavy (non-hydrogen) atoms. The number of alkyl halides is 3. The molecule has 0 amide bonds. The first-order valence-electron chi connectivity index (χ1n) is 6.77. The Morgan fingerprint density at radius 3 is 2.76 bits per heavy atom. The highest BCUT2D eigenvalue weighted by Crippen LogP contribution is 2.28. The number of hydrogen-bond acceptors (Lipinski definition) is 5. The number of piperidine rings is 1. The Labute approximate surface area is 118 Å². The maximum atomic E-state index is 12.9. The zero-order valence-corrected chi connectivity index (χ0v) is 11.2. The maximum Gasteiger partial charge on any atom is 0.453 e. The van der Waals surface area contributed by atoms with E-state index in [2.05, 4.69) is 15.3 Å². The molecule has 2 aromatic heterocycles. The molecule has 1 aliphatic heterocycles. The molecule has 0 saturated carbocycles. The minimum Gasteiger partial charge on any atom is -0.351 e. The lowest BCUT2D eigenvalue weighted by molar-refractivity contribution is -0.146. The summed E-state index contributed by atoms with van der Waals surface area (Å²) >= 11 is 0. The van der Waals surface area contributed by atoms with Crippen LogP contribution in [0.2, 0.25) is 0 Å². The predicted molar refractivity (Wildman–Crippen MR) is 69.8 cm³/mol. The van der Waals surface area contributed by atoms with Crippen LogP contribution in [0, 0.1) is 0 Å². The van der Waals surface area contributed by atoms with Gasteiger partial charge < -0.3 is 10.6 Å². The summed E-state index contributed by atoms with van der Waals surface area (Å²) in [5, 5.41) is 10.7. The average Bonchev–Trinajstić information content (AvgIpc) is 2.90. The molecular formula is C12H15F3N6. The molecule has 1 aliphatic rings. The Hall–Kier alpha value is -1.90. The zero-order valence-electron chi connectivity index (χ0n) is 11.2. The van der Waals surface area contributed by atoms with Crippen LogP contribution in [0.1, 0.15) is 25.1 Å². The van der Waals surface area contributed by atoms with Crippen molar-refractivity contribution in [1.82, 2.24) is 19.8 Å². The van der Waals surface area contributed by atoms with Crippen LogP contribution in [0.5, 0.6) is 0 Å². The summed E-state index contributed by atoms with van der Waals surface area (Å²) in [7, 11) is 0. The van der Waals surface area contributed by atoms with E-state index in [0.717, 1.165) is 30.3 Å². The summed E-state index contributed by atoms with van der Waals surface area (Å²) in [6.45, 7) is 1.19. The summed E-state index contributed by atoms with van der Waals surface area (Å²) in [5.41, 5.74) is 5.82. The van der Waals surface area contributed by atoms with E-state index < -0.39 is 12.0 Å². The fourth-order valence-electron chi connectivity index (χ4n) is 2.66. The summed E-state index contributed by atoms with van der Waals surface area (Å²) in [6.07, 6.45) is -1.61. The topological polar surface area (TPSA) is 72.3 Å². The van der Waals surface area contributed by atoms with Crippen LogP contribution < -0.4 is 10.6 Å². The number of nitrogens with two attached hydrogens (primary N) is 1. The molecule has 1 unspecified atom stereocenters. The Balaban J connectivity index is 2.03. The Morgan fingerprint density at radius 2 is 2.05 bits per heavy atom. The highest BCUT2D eigenvalue weighted by atomic mass is 19.4. The molecule has 2 N–H and O–H groups in total. The van der Waals surface area contributed by atoms with Crippen molar-refractivity contribution in [2.45, 2.75) is 31.5 Å². The third-order valence-electron chi connectivity index (χ3n) is 3.70. The molecule has 114 valence electrons. The summed E-state index contributed by atoms with van der Waals surface area (Å²) in [6, 6.07) is 3.26. The number of hydrogen-bond donors (Lipinski definition) is 1. The lowest BCUT2D eigenvalue weighted by Gasteiger charge is -2.35. The van der Waals surface area contributed by atoms with Crippen LogP contribution in [0.3, 0.4) is 0 Å². The summed E-state index contributed by atoms with van der Waals surface area (Å²) in [4.78, 5) is 1.96. The van der Waals surface area contributed by atoms with Crippen LogP contribution >= 0.6 is 0 Å². The standard InChI is InChI=1S/C12H15F3N6/c13-12(14,15)11-18-17-9-4-5-10(19-21(9)11)20-6-2-1-3-8(20)7-16/h4-5,8H,1-3,6-7,16H2. The monoisotopic (exact) mass is 300 g/mol. The lowest BCUT2D eigenvalue weighted by Crippen LogP contribution is -2.44. The van der Waals surface area contributed by atoms with Crippen molar-refractivity contribution in [3.63, 3.8) is 0 Å². The highest BCUT2D eigenvalue weighted by Gasteiger charge is 2.38. The first-order chi connectivity index (χ1) is 10.0. The Bertz CT molecular complexity index is 637. The van der Waals surface area contributed by atoms with Gasteiger partial charge in [0.25, 0.3) is 5.82 Å². The third kappa shape index (κ3) is 2.53. The van der Waals surface area contributed by atoms with Gasteiger partial charge in [-0.2, -0.15) is 17.7 Å². The van der Waals surface area contributed by atoms with E-state index in [0.29, 0.717) is 12.4 Å². The second-order valence-corrected chi connectivity index (χ2v) is 5.06. The van der Waals surface area contributed by atoms with Gasteiger partial charge in [-0.3, -0.25) is 0 Å². The van der Waals surface area contributed by atoms with Gasteiger partial charge >= 0.3 is 6.18 Å². The van der Waals surface area contributed by atoms with E-state index in [4.69, 9.17) is 5.73 Å². The number of halogens is 3. The number of nitrogens with zero attached hydrogens (tertiary/aromatic N) is 5. The minimum atomic E-state index is -4.58. The van der Waals surface area contributed by atoms with Gasteiger partial charge in [0, 0.05) is 19.1 Å². The van der Waals surface area contributed by atoms with Crippen LogP contribution in [0.4, 0.5) is 19.0 Å². The van der Waals surface area contributed by atoms with Crippen molar-refractivity contribution < 1.29 is 13.2 Å². The number of anilines is 1. The number of fused-ring (bicyclic) bond motifs is 1. The van der Waals surface area contributed by atoms with Gasteiger partial charge in [0.2, 0.25) is 0 Å². The molecule has 0 radical (unpaired) electrons. The molecule has 3 rings (SSSR count). The molecule has 9 heteroatoms. The van der Waals surface area contributed by atoms with Crippen LogP contribution in [-0.2, 0) is 6.18 Å². The third-order valence-corrected chi connectivity index (χ3v) is 3.70. The van der Waals surface area contributed by atoms with Crippen molar-refractivity contribution >= 4 is 11.5 Å². The van der Waals surface area contributed by atoms with Gasteiger partial charge in [-0.25, -0.2) is 0 Å². The summed E-state index contributed by atoms with van der Waals surface area (Å²) in [5.74, 6) is -0.636. The van der Waals surface area contributed by atoms with Gasteiger partial charge in [-0.1, -0.05) is 0 Å². The maximum absolute atomic E-state index is 12.9. The van der Waals surface area contributed by atoms with Gasteiger partial charge in [-0.05, 0) is 31.4 Å². The molecule has 2 aromatic rings. The molecule has 0 aromatic carbocycles. The largest absolute Gasteiger partial charge is 0.453 e. The molecule has 0 bridgehead atoms. The van der Waals surface area contributed by atoms with E-state index in [1.54, 1.807) is 6.07 Å². The van der Waals surface area contributed by atoms with Gasteiger partial charge in [0.05, 0.1) is 0 Å². The molecule has 0 spiro atoms. The first-order valence-corrected chi connectivity index (χ1v) is 6.77. The lowest BCUT2D eigenvalue weighted by atomic mass is 10.0. The van der Waals surface area contributed by atoms with Gasteiger partial charge in [0.15, 0.2) is 5.65 Å². The average molecular weight is 300 g/mol. The minimum absolute atomic E-state index is 0.0763. The molecule has 1 atom stereocenters. The normalized spacial score (nSPS) is 20.2. The van der Waals surface area contributed by atoms with E-state index in [1.807, 2.05) is 4.90 Å². The van der Waals surface area contributed by atoms with E-state index >= 15 is 0 Å². The van der Waals surface area contributed by atoms with Crippen molar-refractivity contribution in [3.8, 4) is 0 Å². The first kappa shape index (κ1) is 14.1. The molecule has 1 saturated heterocycles. The van der Waals surface area contributed by atoms with Gasteiger partial charge in [-0.15, -0.1) is 15.3 Å². The Morgan fingerprint density at radius 1 is 1.24 bits per heavy atom. The zero-order chi connectivity index (χ0) is 15.0. The predicted octanol–water partition coefficient (Wildman–Crippen LogP) is 1.46. The van der Waals surface area contributed by atoms with Crippen LogP contribution in [0.25, 0.3) is 5.65 Å². The fraction of sp³-hybridized carbons (Fsp3) is 0.583. The molecular weight excluding hydrogens is 285 g/mol. The van der Waals surface area contributed by atoms with E-state index in [1.165, 1.54) is 6.07 Å². The highest BCUT2D eigenvalue weighted by molar-refractivity contribution is 5.47. The quantitative estimate of drug-likeness (QED) is 0.909.